The van der Waals surface area contributed by atoms with Crippen LogP contribution in [0, 0.1) is 11.3 Å². The molecule has 0 unspecified atom stereocenters. The van der Waals surface area contributed by atoms with E-state index in [4.69, 9.17) is 11.0 Å². The third kappa shape index (κ3) is 4.89. The number of benzene rings is 2. The SMILES string of the molecule is CC(=NNC(=O)c1nnn(-c2nonc2N)c1CSc1ccccc1)c1ccc(C#N)cc1. The van der Waals surface area contributed by atoms with Gasteiger partial charge in [0.05, 0.1) is 23.0 Å². The van der Waals surface area contributed by atoms with Crippen molar-refractivity contribution < 1.29 is 9.42 Å². The molecule has 0 aliphatic carbocycles. The van der Waals surface area contributed by atoms with Crippen molar-refractivity contribution in [2.75, 3.05) is 5.73 Å². The van der Waals surface area contributed by atoms with Crippen LogP contribution in [-0.4, -0.2) is 36.9 Å². The number of carbonyl (C=O) groups excluding carboxylic acids is 1. The van der Waals surface area contributed by atoms with E-state index in [0.717, 1.165) is 10.5 Å². The highest BCUT2D eigenvalue weighted by Crippen LogP contribution is 2.25. The number of amides is 1. The van der Waals surface area contributed by atoms with E-state index in [-0.39, 0.29) is 17.3 Å². The standard InChI is InChI=1S/C21H17N9O2S/c1-13(15-9-7-14(11-22)8-10-15)24-26-21(31)18-17(12-33-16-5-3-2-4-6-16)30(29-25-18)20-19(23)27-32-28-20/h2-10H,12H2,1H3,(H2,23,27)(H,26,31). The van der Waals surface area contributed by atoms with Gasteiger partial charge in [-0.1, -0.05) is 35.5 Å². The Balaban J connectivity index is 1.59. The molecule has 2 aromatic heterocycles. The minimum atomic E-state index is -0.548. The van der Waals surface area contributed by atoms with Crippen LogP contribution in [0.2, 0.25) is 0 Å². The number of thioether (sulfide) groups is 1. The average molecular weight is 459 g/mol. The Kier molecular flexibility index (Phi) is 6.42. The maximum Gasteiger partial charge on any atom is 0.293 e. The highest BCUT2D eigenvalue weighted by Gasteiger charge is 2.24. The van der Waals surface area contributed by atoms with Crippen LogP contribution >= 0.6 is 11.8 Å². The lowest BCUT2D eigenvalue weighted by Crippen LogP contribution is -2.21. The number of nitrogens with zero attached hydrogens (tertiary/aromatic N) is 7. The average Bonchev–Trinajstić information content (AvgIpc) is 3.47. The van der Waals surface area contributed by atoms with Crippen LogP contribution in [0.4, 0.5) is 5.82 Å². The number of rotatable bonds is 7. The van der Waals surface area contributed by atoms with Crippen LogP contribution in [0.15, 0.2) is 69.2 Å². The third-order valence-electron chi connectivity index (χ3n) is 4.55. The van der Waals surface area contributed by atoms with Crippen molar-refractivity contribution >= 4 is 29.2 Å². The minimum Gasteiger partial charge on any atom is -0.378 e. The number of anilines is 1. The van der Waals surface area contributed by atoms with E-state index in [1.165, 1.54) is 16.4 Å². The van der Waals surface area contributed by atoms with Gasteiger partial charge in [-0.3, -0.25) is 4.79 Å². The molecule has 0 aliphatic heterocycles. The second kappa shape index (κ2) is 9.75. The van der Waals surface area contributed by atoms with Gasteiger partial charge < -0.3 is 5.73 Å². The number of carbonyl (C=O) groups is 1. The maximum absolute atomic E-state index is 12.9. The summed E-state index contributed by atoms with van der Waals surface area (Å²) in [5.41, 5.74) is 10.7. The molecule has 0 radical (unpaired) electrons. The molecule has 11 nitrogen and oxygen atoms in total. The lowest BCUT2D eigenvalue weighted by molar-refractivity contribution is 0.0949. The van der Waals surface area contributed by atoms with Gasteiger partial charge in [-0.05, 0) is 47.1 Å². The number of hydrogen-bond acceptors (Lipinski definition) is 10. The van der Waals surface area contributed by atoms with E-state index < -0.39 is 5.91 Å². The van der Waals surface area contributed by atoms with Crippen molar-refractivity contribution in [2.45, 2.75) is 17.6 Å². The molecule has 1 amide bonds. The molecular weight excluding hydrogens is 442 g/mol. The van der Waals surface area contributed by atoms with Gasteiger partial charge in [0.15, 0.2) is 5.69 Å². The zero-order chi connectivity index (χ0) is 23.2. The van der Waals surface area contributed by atoms with Crippen molar-refractivity contribution in [1.29, 1.82) is 5.26 Å². The zero-order valence-corrected chi connectivity index (χ0v) is 18.2. The Morgan fingerprint density at radius 2 is 1.97 bits per heavy atom. The predicted octanol–water partition coefficient (Wildman–Crippen LogP) is 2.55. The molecule has 2 aromatic carbocycles. The molecule has 33 heavy (non-hydrogen) atoms. The summed E-state index contributed by atoms with van der Waals surface area (Å²) in [5, 5.41) is 28.4. The fourth-order valence-corrected chi connectivity index (χ4v) is 3.73. The van der Waals surface area contributed by atoms with E-state index in [9.17, 15) is 4.79 Å². The summed E-state index contributed by atoms with van der Waals surface area (Å²) in [5.74, 6) is -0.0346. The highest BCUT2D eigenvalue weighted by molar-refractivity contribution is 7.98. The molecule has 3 N–H and O–H groups in total. The van der Waals surface area contributed by atoms with Crippen molar-refractivity contribution in [3.8, 4) is 11.9 Å². The largest absolute Gasteiger partial charge is 0.378 e. The van der Waals surface area contributed by atoms with Crippen LogP contribution in [0.3, 0.4) is 0 Å². The third-order valence-corrected chi connectivity index (χ3v) is 5.57. The van der Waals surface area contributed by atoms with Crippen LogP contribution < -0.4 is 11.2 Å². The van der Waals surface area contributed by atoms with Gasteiger partial charge in [-0.15, -0.1) is 16.9 Å². The number of nitrogens with two attached hydrogens (primary N) is 1. The number of aromatic nitrogens is 5. The monoisotopic (exact) mass is 459 g/mol. The van der Waals surface area contributed by atoms with E-state index in [0.29, 0.717) is 22.7 Å². The normalized spacial score (nSPS) is 11.2. The second-order valence-corrected chi connectivity index (χ2v) is 7.75. The van der Waals surface area contributed by atoms with E-state index >= 15 is 0 Å². The maximum atomic E-state index is 12.9. The van der Waals surface area contributed by atoms with Crippen molar-refractivity contribution in [3.63, 3.8) is 0 Å². The van der Waals surface area contributed by atoms with E-state index in [1.807, 2.05) is 30.3 Å². The Morgan fingerprint density at radius 3 is 2.64 bits per heavy atom. The number of nitriles is 1. The van der Waals surface area contributed by atoms with Gasteiger partial charge in [0, 0.05) is 10.6 Å². The number of nitrogen functional groups attached to an aromatic ring is 1. The molecule has 0 aliphatic rings. The summed E-state index contributed by atoms with van der Waals surface area (Å²) in [6, 6.07) is 18.6. The van der Waals surface area contributed by atoms with Crippen LogP contribution in [0.25, 0.3) is 5.82 Å². The molecule has 12 heteroatoms. The first-order valence-corrected chi connectivity index (χ1v) is 10.6. The Hall–Kier alpha value is -4.50. The fraction of sp³-hybridized carbons (Fsp3) is 0.0952. The van der Waals surface area contributed by atoms with Gasteiger partial charge in [-0.2, -0.15) is 15.0 Å². The topological polar surface area (TPSA) is 161 Å². The Morgan fingerprint density at radius 1 is 1.21 bits per heavy atom. The summed E-state index contributed by atoms with van der Waals surface area (Å²) in [6.07, 6.45) is 0. The smallest absolute Gasteiger partial charge is 0.293 e. The van der Waals surface area contributed by atoms with Crippen molar-refractivity contribution in [2.24, 2.45) is 5.10 Å². The molecule has 4 rings (SSSR count). The Bertz CT molecular complexity index is 1340. The van der Waals surface area contributed by atoms with E-state index in [2.05, 4.69) is 41.9 Å². The quantitative estimate of drug-likeness (QED) is 0.240. The first-order chi connectivity index (χ1) is 16.1. The van der Waals surface area contributed by atoms with E-state index in [1.54, 1.807) is 31.2 Å². The van der Waals surface area contributed by atoms with Gasteiger partial charge in [-0.25, -0.2) is 10.1 Å². The predicted molar refractivity (Wildman–Crippen MR) is 120 cm³/mol. The van der Waals surface area contributed by atoms with Gasteiger partial charge in [0.25, 0.3) is 5.91 Å². The van der Waals surface area contributed by atoms with Gasteiger partial charge in [0.1, 0.15) is 0 Å². The highest BCUT2D eigenvalue weighted by atomic mass is 32.2. The molecule has 0 spiro atoms. The van der Waals surface area contributed by atoms with Gasteiger partial charge >= 0.3 is 0 Å². The molecule has 164 valence electrons. The van der Waals surface area contributed by atoms with Crippen molar-refractivity contribution in [1.82, 2.24) is 30.7 Å². The molecule has 0 saturated carbocycles. The van der Waals surface area contributed by atoms with Crippen LogP contribution in [-0.2, 0) is 5.75 Å². The fourth-order valence-electron chi connectivity index (χ4n) is 2.82. The lowest BCUT2D eigenvalue weighted by Gasteiger charge is -2.06. The second-order valence-electron chi connectivity index (χ2n) is 6.70. The molecule has 0 fully saturated rings. The van der Waals surface area contributed by atoms with Crippen LogP contribution in [0.1, 0.15) is 34.2 Å². The van der Waals surface area contributed by atoms with Gasteiger partial charge in [0.2, 0.25) is 11.6 Å². The first kappa shape index (κ1) is 21.7. The molecule has 0 bridgehead atoms. The molecule has 0 atom stereocenters. The summed E-state index contributed by atoms with van der Waals surface area (Å²) in [4.78, 5) is 13.9. The molecule has 0 saturated heterocycles. The number of nitrogens with one attached hydrogen (secondary N) is 1. The summed E-state index contributed by atoms with van der Waals surface area (Å²) < 4.78 is 6.00. The minimum absolute atomic E-state index is 0.0208. The lowest BCUT2D eigenvalue weighted by atomic mass is 10.1. The molecule has 2 heterocycles. The van der Waals surface area contributed by atoms with Crippen LogP contribution in [0.5, 0.6) is 0 Å². The van der Waals surface area contributed by atoms with Crippen molar-refractivity contribution in [3.05, 3.63) is 77.1 Å². The summed E-state index contributed by atoms with van der Waals surface area (Å²) in [6.45, 7) is 1.74. The Labute approximate surface area is 192 Å². The number of hydrogen-bond donors (Lipinski definition) is 2. The molecule has 4 aromatic rings. The summed E-state index contributed by atoms with van der Waals surface area (Å²) in [7, 11) is 0. The molecular formula is C21H17N9O2S. The first-order valence-electron chi connectivity index (χ1n) is 9.63. The number of hydrazone groups is 1. The summed E-state index contributed by atoms with van der Waals surface area (Å²) >= 11 is 1.49. The zero-order valence-electron chi connectivity index (χ0n) is 17.3.